The predicted octanol–water partition coefficient (Wildman–Crippen LogP) is 12.2. The van der Waals surface area contributed by atoms with E-state index in [-0.39, 0.29) is 16.2 Å². The van der Waals surface area contributed by atoms with Gasteiger partial charge in [0.2, 0.25) is 0 Å². The van der Waals surface area contributed by atoms with Crippen molar-refractivity contribution in [1.29, 1.82) is 0 Å². The maximum absolute atomic E-state index is 7.96. The van der Waals surface area contributed by atoms with Gasteiger partial charge < -0.3 is 28.7 Å². The number of anilines is 2. The van der Waals surface area contributed by atoms with Crippen molar-refractivity contribution in [3.8, 4) is 22.6 Å². The van der Waals surface area contributed by atoms with E-state index in [1.807, 2.05) is 23.5 Å². The Hall–Kier alpha value is -4.08. The van der Waals surface area contributed by atoms with Gasteiger partial charge >= 0.3 is 0 Å². The molecule has 1 unspecified atom stereocenters. The molecule has 0 radical (unpaired) electrons. The number of nitrogens with zero attached hydrogens (tertiary/aromatic N) is 2. The van der Waals surface area contributed by atoms with Crippen molar-refractivity contribution in [2.45, 2.75) is 74.7 Å². The highest BCUT2D eigenvalue weighted by molar-refractivity contribution is 7.99. The van der Waals surface area contributed by atoms with Crippen molar-refractivity contribution >= 4 is 51.7 Å². The summed E-state index contributed by atoms with van der Waals surface area (Å²) in [5, 5.41) is 2.46. The van der Waals surface area contributed by atoms with E-state index in [1.165, 1.54) is 66.2 Å². The van der Waals surface area contributed by atoms with E-state index < -0.39 is 5.60 Å². The molecule has 5 aromatic rings. The zero-order valence-electron chi connectivity index (χ0n) is 37.0. The molecule has 10 rings (SSSR count). The highest BCUT2D eigenvalue weighted by Crippen LogP contribution is 2.67. The van der Waals surface area contributed by atoms with Gasteiger partial charge in [-0.05, 0) is 124 Å². The predicted molar refractivity (Wildman–Crippen MR) is 256 cm³/mol. The fourth-order valence-corrected chi connectivity index (χ4v) is 13.5. The van der Waals surface area contributed by atoms with Gasteiger partial charge in [-0.15, -0.1) is 23.5 Å². The van der Waals surface area contributed by atoms with E-state index in [4.69, 9.17) is 18.9 Å². The van der Waals surface area contributed by atoms with Crippen LogP contribution in [0.5, 0.6) is 11.5 Å². The molecular formula is C53H60N2O4S2. The molecule has 1 saturated carbocycles. The van der Waals surface area contributed by atoms with E-state index in [9.17, 15) is 0 Å². The lowest BCUT2D eigenvalue weighted by molar-refractivity contribution is 0.0641. The molecule has 318 valence electrons. The minimum atomic E-state index is -0.888. The quantitative estimate of drug-likeness (QED) is 0.143. The van der Waals surface area contributed by atoms with Gasteiger partial charge in [0, 0.05) is 69.1 Å². The van der Waals surface area contributed by atoms with Crippen LogP contribution in [0.2, 0.25) is 0 Å². The van der Waals surface area contributed by atoms with Crippen LogP contribution in [-0.4, -0.2) is 71.7 Å². The van der Waals surface area contributed by atoms with Crippen molar-refractivity contribution in [2.24, 2.45) is 10.8 Å². The first kappa shape index (κ1) is 41.0. The average Bonchev–Trinajstić information content (AvgIpc) is 3.53. The molecule has 8 heteroatoms. The number of thioether (sulfide) groups is 2. The molecule has 3 fully saturated rings. The third-order valence-electron chi connectivity index (χ3n) is 14.0. The number of morpholine rings is 2. The highest BCUT2D eigenvalue weighted by Gasteiger charge is 2.56. The number of hydrogen-bond donors (Lipinski definition) is 0. The second-order valence-corrected chi connectivity index (χ2v) is 21.5. The van der Waals surface area contributed by atoms with E-state index in [2.05, 4.69) is 142 Å². The maximum Gasteiger partial charge on any atom is 0.178 e. The Labute approximate surface area is 371 Å². The van der Waals surface area contributed by atoms with Crippen molar-refractivity contribution < 1.29 is 18.9 Å². The molecule has 3 aliphatic heterocycles. The molecule has 3 heterocycles. The van der Waals surface area contributed by atoms with Gasteiger partial charge in [-0.25, -0.2) is 0 Å². The van der Waals surface area contributed by atoms with Gasteiger partial charge in [0.25, 0.3) is 0 Å². The van der Waals surface area contributed by atoms with Crippen molar-refractivity contribution in [3.05, 3.63) is 113 Å². The van der Waals surface area contributed by atoms with Crippen LogP contribution < -0.4 is 19.3 Å². The first-order chi connectivity index (χ1) is 29.5. The molecule has 1 atom stereocenters. The van der Waals surface area contributed by atoms with Gasteiger partial charge in [-0.3, -0.25) is 0 Å². The van der Waals surface area contributed by atoms with Crippen LogP contribution in [0.3, 0.4) is 0 Å². The van der Waals surface area contributed by atoms with Crippen molar-refractivity contribution in [1.82, 2.24) is 0 Å². The second-order valence-electron chi connectivity index (χ2n) is 19.3. The Bertz CT molecular complexity index is 2480. The summed E-state index contributed by atoms with van der Waals surface area (Å²) in [6.45, 7) is 18.8. The highest BCUT2D eigenvalue weighted by atomic mass is 32.2. The summed E-state index contributed by atoms with van der Waals surface area (Å²) in [6, 6.07) is 30.0. The molecule has 5 aromatic carbocycles. The number of benzene rings is 5. The number of fused-ring (bicyclic) bond motifs is 10. The van der Waals surface area contributed by atoms with Crippen LogP contribution in [0.1, 0.15) is 81.7 Å². The third-order valence-corrected chi connectivity index (χ3v) is 15.6. The number of hydrogen-bond acceptors (Lipinski definition) is 8. The van der Waals surface area contributed by atoms with Gasteiger partial charge in [0.1, 0.15) is 11.5 Å². The molecule has 0 bridgehead atoms. The lowest BCUT2D eigenvalue weighted by Crippen LogP contribution is -2.44. The van der Waals surface area contributed by atoms with E-state index in [1.54, 1.807) is 7.11 Å². The summed E-state index contributed by atoms with van der Waals surface area (Å²) >= 11 is 3.78. The Morgan fingerprint density at radius 3 is 1.98 bits per heavy atom. The third kappa shape index (κ3) is 6.95. The summed E-state index contributed by atoms with van der Waals surface area (Å²) in [7, 11) is 1.73. The summed E-state index contributed by atoms with van der Waals surface area (Å²) in [5.74, 6) is 2.85. The fourth-order valence-electron chi connectivity index (χ4n) is 12.2. The van der Waals surface area contributed by atoms with Crippen LogP contribution in [0, 0.1) is 10.8 Å². The number of ether oxygens (including phenoxy) is 4. The van der Waals surface area contributed by atoms with Crippen molar-refractivity contribution in [3.63, 3.8) is 0 Å². The van der Waals surface area contributed by atoms with E-state index >= 15 is 0 Å². The monoisotopic (exact) mass is 852 g/mol. The molecule has 0 aromatic heterocycles. The Morgan fingerprint density at radius 2 is 1.36 bits per heavy atom. The Kier molecular flexibility index (Phi) is 10.5. The van der Waals surface area contributed by atoms with Gasteiger partial charge in [0.05, 0.1) is 39.2 Å². The topological polar surface area (TPSA) is 43.4 Å². The first-order valence-corrected chi connectivity index (χ1v) is 24.5. The lowest BCUT2D eigenvalue weighted by atomic mass is 9.52. The minimum Gasteiger partial charge on any atom is -0.497 e. The van der Waals surface area contributed by atoms with Crippen LogP contribution in [0.25, 0.3) is 28.0 Å². The molecule has 1 spiro atoms. The zero-order chi connectivity index (χ0) is 42.1. The van der Waals surface area contributed by atoms with Crippen LogP contribution in [0.15, 0.2) is 94.7 Å². The summed E-state index contributed by atoms with van der Waals surface area (Å²) in [5.41, 5.74) is 10.8. The first-order valence-electron chi connectivity index (χ1n) is 22.3. The Morgan fingerprint density at radius 1 is 0.721 bits per heavy atom. The second kappa shape index (κ2) is 15.6. The Balaban J connectivity index is 1.27. The zero-order valence-corrected chi connectivity index (χ0v) is 38.6. The largest absolute Gasteiger partial charge is 0.497 e. The molecule has 0 amide bonds. The average molecular weight is 853 g/mol. The van der Waals surface area contributed by atoms with Crippen LogP contribution in [0.4, 0.5) is 11.4 Å². The van der Waals surface area contributed by atoms with E-state index in [0.29, 0.717) is 0 Å². The van der Waals surface area contributed by atoms with E-state index in [0.717, 1.165) is 93.8 Å². The SMILES string of the molecule is CCSc1ccc2c(c1)C1(CC(C)(C)CC(C)(C)C1)c1c3c(c4cc(SC)c(N5CCOCC5)cc4c1-2)OC(c1ccc(OC)cc1)(c1ccc(N2CCOCC2)cc1)C=C3. The molecule has 2 saturated heterocycles. The van der Waals surface area contributed by atoms with Gasteiger partial charge in [-0.2, -0.15) is 0 Å². The molecule has 5 aliphatic rings. The molecule has 0 N–H and O–H groups in total. The number of rotatable bonds is 8. The fraction of sp³-hybridized carbons (Fsp3) is 0.434. The maximum atomic E-state index is 7.96. The summed E-state index contributed by atoms with van der Waals surface area (Å²) in [6.07, 6.45) is 10.4. The van der Waals surface area contributed by atoms with Crippen LogP contribution in [-0.2, 0) is 20.5 Å². The smallest absolute Gasteiger partial charge is 0.178 e. The number of methoxy groups -OCH3 is 1. The normalized spacial score (nSPS) is 22.1. The lowest BCUT2D eigenvalue weighted by Gasteiger charge is -2.52. The molecular weight excluding hydrogens is 793 g/mol. The summed E-state index contributed by atoms with van der Waals surface area (Å²) in [4.78, 5) is 7.58. The van der Waals surface area contributed by atoms with Crippen molar-refractivity contribution in [2.75, 3.05) is 81.5 Å². The van der Waals surface area contributed by atoms with Gasteiger partial charge in [0.15, 0.2) is 5.60 Å². The molecule has 6 nitrogen and oxygen atoms in total. The standard InChI is InChI=1S/C53H60N2O4S2/c1-8-61-39-17-18-40-44(29-39)52(33-50(2,3)32-51(4,5)34-52)48-41-19-20-53(36-11-15-38(56-6)16-12-36,35-9-13-37(14-10-35)54-21-25-57-26-22-54)59-49(41)43-31-46(60-7)45(30-42(43)47(40)48)55-23-27-58-28-24-55/h9-20,29-31H,8,21-28,32-34H2,1-7H3. The van der Waals surface area contributed by atoms with Gasteiger partial charge in [-0.1, -0.05) is 71.0 Å². The summed E-state index contributed by atoms with van der Waals surface area (Å²) < 4.78 is 25.2. The van der Waals surface area contributed by atoms with Crippen LogP contribution >= 0.6 is 23.5 Å². The molecule has 61 heavy (non-hydrogen) atoms. The minimum absolute atomic E-state index is 0.131. The molecule has 2 aliphatic carbocycles.